The van der Waals surface area contributed by atoms with Crippen LogP contribution < -0.4 is 0 Å². The van der Waals surface area contributed by atoms with Crippen molar-refractivity contribution >= 4 is 21.8 Å². The van der Waals surface area contributed by atoms with Crippen LogP contribution in [0, 0.1) is 0 Å². The lowest BCUT2D eigenvalue weighted by atomic mass is 10.00. The van der Waals surface area contributed by atoms with Crippen LogP contribution in [0.1, 0.15) is 18.6 Å². The van der Waals surface area contributed by atoms with E-state index in [4.69, 9.17) is 0 Å². The van der Waals surface area contributed by atoms with Crippen LogP contribution in [0.2, 0.25) is 0 Å². The quantitative estimate of drug-likeness (QED) is 0.564. The Morgan fingerprint density at radius 1 is 0.909 bits per heavy atom. The number of benzene rings is 2. The lowest BCUT2D eigenvalue weighted by Gasteiger charge is -2.07. The van der Waals surface area contributed by atoms with Crippen LogP contribution in [0.15, 0.2) is 60.9 Å². The van der Waals surface area contributed by atoms with Gasteiger partial charge in [0.05, 0.1) is 0 Å². The third kappa shape index (κ3) is 2.21. The van der Waals surface area contributed by atoms with E-state index >= 15 is 0 Å². The number of nitrogens with one attached hydrogen (secondary N) is 1. The molecule has 0 aliphatic rings. The van der Waals surface area contributed by atoms with E-state index in [1.807, 2.05) is 24.3 Å². The van der Waals surface area contributed by atoms with Gasteiger partial charge in [-0.15, -0.1) is 0 Å². The van der Waals surface area contributed by atoms with Crippen molar-refractivity contribution < 1.29 is 5.11 Å². The number of aromatic nitrogens is 2. The van der Waals surface area contributed by atoms with Gasteiger partial charge in [0.1, 0.15) is 11.3 Å². The number of phenolic OH excluding ortho intramolecular Hbond substituents is 1. The lowest BCUT2D eigenvalue weighted by molar-refractivity contribution is 0.480. The summed E-state index contributed by atoms with van der Waals surface area (Å²) in [6, 6.07) is 15.9. The Kier molecular flexibility index (Phi) is 3.55. The highest BCUT2D eigenvalue weighted by Gasteiger charge is 2.09. The molecule has 0 aliphatic carbocycles. The number of nitrogens with zero attached hydrogens (tertiary/aromatic N) is 1. The second-order valence-corrected chi connectivity index (χ2v) is 5.18. The summed E-state index contributed by atoms with van der Waals surface area (Å²) in [7, 11) is 0. The van der Waals surface area contributed by atoms with Crippen LogP contribution in [-0.2, 0) is 6.42 Å². The number of fused-ring (bicyclic) bond motifs is 2. The van der Waals surface area contributed by atoms with Gasteiger partial charge in [0.2, 0.25) is 0 Å². The molecule has 0 saturated heterocycles. The maximum Gasteiger partial charge on any atom is 0.141 e. The third-order valence-electron chi connectivity index (χ3n) is 3.89. The summed E-state index contributed by atoms with van der Waals surface area (Å²) in [4.78, 5) is 7.58. The molecule has 0 atom stereocenters. The molecule has 0 saturated carbocycles. The fourth-order valence-corrected chi connectivity index (χ4v) is 2.85. The minimum Gasteiger partial charge on any atom is -0.506 e. The molecule has 2 aromatic carbocycles. The van der Waals surface area contributed by atoms with Crippen molar-refractivity contribution in [1.82, 2.24) is 9.97 Å². The Morgan fingerprint density at radius 2 is 1.73 bits per heavy atom. The minimum absolute atomic E-state index is 0. The predicted octanol–water partition coefficient (Wildman–Crippen LogP) is 4.65. The van der Waals surface area contributed by atoms with Crippen molar-refractivity contribution in [2.24, 2.45) is 0 Å². The first-order valence-corrected chi connectivity index (χ1v) is 6.93. The molecule has 2 N–H and O–H groups in total. The smallest absolute Gasteiger partial charge is 0.141 e. The first-order valence-electron chi connectivity index (χ1n) is 6.93. The molecule has 2 aromatic heterocycles. The molecule has 110 valence electrons. The summed E-state index contributed by atoms with van der Waals surface area (Å²) in [6.45, 7) is 0. The number of H-pyrrole nitrogens is 1. The van der Waals surface area contributed by atoms with Crippen molar-refractivity contribution in [3.05, 3.63) is 72.1 Å². The fourth-order valence-electron chi connectivity index (χ4n) is 2.85. The van der Waals surface area contributed by atoms with E-state index in [9.17, 15) is 5.11 Å². The largest absolute Gasteiger partial charge is 0.506 e. The highest BCUT2D eigenvalue weighted by molar-refractivity contribution is 5.89. The molecule has 3 nitrogen and oxygen atoms in total. The molecule has 4 aromatic rings. The van der Waals surface area contributed by atoms with Crippen LogP contribution in [0.3, 0.4) is 0 Å². The van der Waals surface area contributed by atoms with E-state index in [0.717, 1.165) is 17.3 Å². The molecule has 0 bridgehead atoms. The first kappa shape index (κ1) is 14.1. The van der Waals surface area contributed by atoms with Crippen LogP contribution in [0.4, 0.5) is 0 Å². The van der Waals surface area contributed by atoms with Gasteiger partial charge in [0, 0.05) is 35.1 Å². The summed E-state index contributed by atoms with van der Waals surface area (Å²) in [6.07, 6.45) is 4.57. The number of aromatic amines is 1. The molecule has 0 amide bonds. The van der Waals surface area contributed by atoms with E-state index in [0.29, 0.717) is 5.52 Å². The van der Waals surface area contributed by atoms with Crippen molar-refractivity contribution in [3.63, 3.8) is 0 Å². The zero-order valence-electron chi connectivity index (χ0n) is 11.4. The average molecular weight is 290 g/mol. The molecule has 3 heteroatoms. The second kappa shape index (κ2) is 5.53. The summed E-state index contributed by atoms with van der Waals surface area (Å²) in [5.41, 5.74) is 4.23. The Bertz CT molecular complexity index is 940. The van der Waals surface area contributed by atoms with Crippen molar-refractivity contribution in [1.29, 1.82) is 0 Å². The van der Waals surface area contributed by atoms with Gasteiger partial charge in [-0.3, -0.25) is 4.98 Å². The molecule has 0 radical (unpaired) electrons. The van der Waals surface area contributed by atoms with Gasteiger partial charge < -0.3 is 10.1 Å². The Morgan fingerprint density at radius 3 is 2.64 bits per heavy atom. The minimum atomic E-state index is 0. The van der Waals surface area contributed by atoms with Gasteiger partial charge in [-0.2, -0.15) is 0 Å². The molecule has 22 heavy (non-hydrogen) atoms. The molecular formula is C19H18N2O. The molecular weight excluding hydrogens is 272 g/mol. The van der Waals surface area contributed by atoms with E-state index in [2.05, 4.69) is 34.4 Å². The molecule has 0 unspecified atom stereocenters. The van der Waals surface area contributed by atoms with E-state index < -0.39 is 0 Å². The normalized spacial score (nSPS) is 10.7. The van der Waals surface area contributed by atoms with Crippen LogP contribution in [0.25, 0.3) is 21.8 Å². The lowest BCUT2D eigenvalue weighted by Crippen LogP contribution is -1.90. The number of rotatable bonds is 2. The molecule has 4 rings (SSSR count). The highest BCUT2D eigenvalue weighted by Crippen LogP contribution is 2.28. The van der Waals surface area contributed by atoms with Crippen LogP contribution >= 0.6 is 0 Å². The standard InChI is InChI=1S/C18H14N2O.CH4/c21-17-8-7-12(15-5-3-9-19-18(15)17)10-13-11-20-16-6-2-1-4-14(13)16;/h1-9,11,20-21H,10H2;1H4. The summed E-state index contributed by atoms with van der Waals surface area (Å²) < 4.78 is 0. The van der Waals surface area contributed by atoms with E-state index in [1.165, 1.54) is 16.5 Å². The van der Waals surface area contributed by atoms with Crippen molar-refractivity contribution in [2.75, 3.05) is 0 Å². The number of phenols is 1. The number of para-hydroxylation sites is 1. The van der Waals surface area contributed by atoms with Gasteiger partial charge in [0.15, 0.2) is 0 Å². The number of hydrogen-bond donors (Lipinski definition) is 2. The van der Waals surface area contributed by atoms with Gasteiger partial charge in [-0.05, 0) is 29.3 Å². The number of pyridine rings is 1. The second-order valence-electron chi connectivity index (χ2n) is 5.18. The maximum atomic E-state index is 9.92. The Balaban J connectivity index is 0.00000144. The van der Waals surface area contributed by atoms with Gasteiger partial charge in [-0.1, -0.05) is 37.8 Å². The first-order chi connectivity index (χ1) is 10.3. The Labute approximate surface area is 129 Å². The van der Waals surface area contributed by atoms with Gasteiger partial charge in [-0.25, -0.2) is 0 Å². The van der Waals surface area contributed by atoms with E-state index in [1.54, 1.807) is 12.3 Å². The maximum absolute atomic E-state index is 9.92. The predicted molar refractivity (Wildman–Crippen MR) is 91.2 cm³/mol. The highest BCUT2D eigenvalue weighted by atomic mass is 16.3. The molecule has 0 aliphatic heterocycles. The summed E-state index contributed by atoms with van der Waals surface area (Å²) in [5.74, 6) is 0.230. The van der Waals surface area contributed by atoms with E-state index in [-0.39, 0.29) is 13.2 Å². The Hall–Kier alpha value is -2.81. The zero-order chi connectivity index (χ0) is 14.2. The van der Waals surface area contributed by atoms with Crippen LogP contribution in [-0.4, -0.2) is 15.1 Å². The van der Waals surface area contributed by atoms with Crippen LogP contribution in [0.5, 0.6) is 5.75 Å². The molecule has 0 spiro atoms. The van der Waals surface area contributed by atoms with Crippen molar-refractivity contribution in [2.45, 2.75) is 13.8 Å². The van der Waals surface area contributed by atoms with Gasteiger partial charge >= 0.3 is 0 Å². The third-order valence-corrected chi connectivity index (χ3v) is 3.89. The summed E-state index contributed by atoms with van der Waals surface area (Å²) >= 11 is 0. The molecule has 2 heterocycles. The SMILES string of the molecule is C.Oc1ccc(Cc2c[nH]c3ccccc23)c2cccnc12. The topological polar surface area (TPSA) is 48.9 Å². The fraction of sp³-hybridized carbons (Fsp3) is 0.105. The monoisotopic (exact) mass is 290 g/mol. The number of hydrogen-bond acceptors (Lipinski definition) is 2. The van der Waals surface area contributed by atoms with Gasteiger partial charge in [0.25, 0.3) is 0 Å². The number of aromatic hydroxyl groups is 1. The molecule has 0 fully saturated rings. The average Bonchev–Trinajstić information content (AvgIpc) is 2.94. The van der Waals surface area contributed by atoms with Crippen molar-refractivity contribution in [3.8, 4) is 5.75 Å². The summed E-state index contributed by atoms with van der Waals surface area (Å²) in [5, 5.41) is 12.2. The zero-order valence-corrected chi connectivity index (χ0v) is 11.4.